The molecule has 0 saturated carbocycles. The molecule has 0 amide bonds. The quantitative estimate of drug-likeness (QED) is 0.0885. The van der Waals surface area contributed by atoms with E-state index >= 15 is 0 Å². The second kappa shape index (κ2) is 19.9. The van der Waals surface area contributed by atoms with Gasteiger partial charge in [0, 0.05) is 0 Å². The monoisotopic (exact) mass is 980 g/mol. The van der Waals surface area contributed by atoms with Gasteiger partial charge in [-0.05, 0) is 79.2 Å². The molecule has 12 aromatic rings. The predicted molar refractivity (Wildman–Crippen MR) is 288 cm³/mol. The Balaban J connectivity index is 0.000000120. The van der Waals surface area contributed by atoms with Crippen LogP contribution >= 0.6 is 17.0 Å². The molecular formula is C62H48Cl2SiZr-2. The van der Waals surface area contributed by atoms with Gasteiger partial charge in [0.25, 0.3) is 0 Å². The molecule has 0 nitrogen and oxygen atoms in total. The average molecular weight is 983 g/mol. The fourth-order valence-corrected chi connectivity index (χ4v) is 24.9. The summed E-state index contributed by atoms with van der Waals surface area (Å²) in [4.78, 5) is 0. The molecule has 12 aromatic carbocycles. The van der Waals surface area contributed by atoms with Crippen LogP contribution in [0.3, 0.4) is 0 Å². The third-order valence-corrected chi connectivity index (χ3v) is 28.8. The van der Waals surface area contributed by atoms with Crippen LogP contribution in [-0.4, -0.2) is 5.43 Å². The SMILES string of the molecule is CCc1cc2c(-c3c4ccccc4cc4ccccc34)cccc2[cH-]1.CCc1cc2c(-c3c4ccccc4cc4ccccc34)cccc2[cH-]1.[Cl][Zr]([Cl])=[Si](c1ccccc1)c1ccccc1. The zero-order valence-corrected chi connectivity index (χ0v) is 42.1. The molecule has 0 fully saturated rings. The first kappa shape index (κ1) is 44.0. The van der Waals surface area contributed by atoms with E-state index in [1.54, 1.807) is 0 Å². The maximum absolute atomic E-state index is 6.32. The van der Waals surface area contributed by atoms with E-state index in [1.807, 2.05) is 12.1 Å². The standard InChI is InChI=1S/2C25H19.C12H10Si.2ClH.Zr/c2*1-2-17-14-18-10-7-13-23(24(18)15-17)25-21-11-5-3-8-19(21)16-20-9-4-6-12-22(20)25;1-3-7-11(8-4-1)13-12-9-5-2-6-10-12;;;/h2*3-16H,2H2,1H3;1-10H;2*1H;/q2*-1;;;;+2/p-2. The number of fused-ring (bicyclic) bond motifs is 6. The Morgan fingerprint density at radius 3 is 1.03 bits per heavy atom. The van der Waals surface area contributed by atoms with Crippen LogP contribution in [0, 0.1) is 0 Å². The van der Waals surface area contributed by atoms with Crippen LogP contribution in [-0.2, 0) is 30.8 Å². The van der Waals surface area contributed by atoms with Gasteiger partial charge >= 0.3 is 111 Å². The Hall–Kier alpha value is -5.86. The summed E-state index contributed by atoms with van der Waals surface area (Å²) in [6.07, 6.45) is 2.15. The maximum atomic E-state index is 6.32. The summed E-state index contributed by atoms with van der Waals surface area (Å²) in [5.41, 5.74) is 7.31. The molecular weight excluding hydrogens is 935 g/mol. The molecule has 4 heteroatoms. The van der Waals surface area contributed by atoms with Crippen molar-refractivity contribution in [1.82, 2.24) is 0 Å². The summed E-state index contributed by atoms with van der Waals surface area (Å²) in [6, 6.07) is 83.2. The number of aryl methyl sites for hydroxylation is 2. The average Bonchev–Trinajstić information content (AvgIpc) is 4.01. The van der Waals surface area contributed by atoms with Gasteiger partial charge in [-0.15, -0.1) is 69.1 Å². The molecule has 0 N–H and O–H groups in total. The molecule has 0 aliphatic carbocycles. The normalized spacial score (nSPS) is 11.2. The summed E-state index contributed by atoms with van der Waals surface area (Å²) in [6.45, 7) is 4.45. The molecule has 0 atom stereocenters. The van der Waals surface area contributed by atoms with Gasteiger partial charge in [0.15, 0.2) is 0 Å². The first-order valence-electron chi connectivity index (χ1n) is 22.8. The van der Waals surface area contributed by atoms with Gasteiger partial charge in [0.05, 0.1) is 0 Å². The second-order valence-corrected chi connectivity index (χ2v) is 36.0. The van der Waals surface area contributed by atoms with Crippen molar-refractivity contribution in [2.75, 3.05) is 0 Å². The Morgan fingerprint density at radius 1 is 0.364 bits per heavy atom. The van der Waals surface area contributed by atoms with Crippen molar-refractivity contribution in [3.05, 3.63) is 242 Å². The predicted octanol–water partition coefficient (Wildman–Crippen LogP) is 16.9. The summed E-state index contributed by atoms with van der Waals surface area (Å²) >= 11 is -2.26. The summed E-state index contributed by atoms with van der Waals surface area (Å²) in [5, 5.41) is 18.6. The number of halogens is 2. The van der Waals surface area contributed by atoms with E-state index in [4.69, 9.17) is 17.0 Å². The zero-order valence-electron chi connectivity index (χ0n) is 37.1. The van der Waals surface area contributed by atoms with E-state index in [-0.39, 0.29) is 0 Å². The summed E-state index contributed by atoms with van der Waals surface area (Å²) < 4.78 is 0. The minimum absolute atomic E-state index is 0.889. The van der Waals surface area contributed by atoms with Crippen LogP contribution in [0.4, 0.5) is 0 Å². The summed E-state index contributed by atoms with van der Waals surface area (Å²) in [7, 11) is 12.6. The molecule has 320 valence electrons. The van der Waals surface area contributed by atoms with Crippen LogP contribution in [0.1, 0.15) is 25.0 Å². The Labute approximate surface area is 402 Å². The van der Waals surface area contributed by atoms with E-state index in [1.165, 1.54) is 108 Å². The van der Waals surface area contributed by atoms with Crippen LogP contribution < -0.4 is 10.4 Å². The van der Waals surface area contributed by atoms with E-state index in [2.05, 4.69) is 232 Å². The van der Waals surface area contributed by atoms with Gasteiger partial charge in [0.2, 0.25) is 0 Å². The van der Waals surface area contributed by atoms with Crippen molar-refractivity contribution in [1.29, 1.82) is 0 Å². The number of hydrogen-bond donors (Lipinski definition) is 0. The fourth-order valence-electron chi connectivity index (χ4n) is 9.64. The Bertz CT molecular complexity index is 3340. The molecule has 66 heavy (non-hydrogen) atoms. The molecule has 0 spiro atoms. The van der Waals surface area contributed by atoms with Crippen molar-refractivity contribution in [3.63, 3.8) is 0 Å². The third kappa shape index (κ3) is 8.89. The molecule has 0 radical (unpaired) electrons. The Morgan fingerprint density at radius 2 is 0.697 bits per heavy atom. The van der Waals surface area contributed by atoms with Crippen LogP contribution in [0.15, 0.2) is 231 Å². The van der Waals surface area contributed by atoms with E-state index < -0.39 is 23.4 Å². The van der Waals surface area contributed by atoms with Gasteiger partial charge in [-0.3, -0.25) is 0 Å². The minimum atomic E-state index is -2.26. The molecule has 12 rings (SSSR count). The zero-order chi connectivity index (χ0) is 45.0. The van der Waals surface area contributed by atoms with E-state index in [0.717, 1.165) is 12.8 Å². The fraction of sp³-hybridized carbons (Fsp3) is 0.0645. The topological polar surface area (TPSA) is 0 Å². The summed E-state index contributed by atoms with van der Waals surface area (Å²) in [5.74, 6) is 0. The number of hydrogen-bond acceptors (Lipinski definition) is 0. The van der Waals surface area contributed by atoms with E-state index in [0.29, 0.717) is 0 Å². The van der Waals surface area contributed by atoms with Crippen molar-refractivity contribution in [3.8, 4) is 22.3 Å². The van der Waals surface area contributed by atoms with Gasteiger partial charge in [-0.1, -0.05) is 134 Å². The van der Waals surface area contributed by atoms with Crippen molar-refractivity contribution in [2.45, 2.75) is 26.7 Å². The molecule has 0 aliphatic rings. The Kier molecular flexibility index (Phi) is 13.3. The van der Waals surface area contributed by atoms with Crippen molar-refractivity contribution in [2.24, 2.45) is 0 Å². The van der Waals surface area contributed by atoms with Crippen LogP contribution in [0.5, 0.6) is 0 Å². The van der Waals surface area contributed by atoms with Crippen LogP contribution in [0.2, 0.25) is 0 Å². The number of benzene rings is 10. The molecule has 0 heterocycles. The molecule has 0 unspecified atom stereocenters. The van der Waals surface area contributed by atoms with Crippen molar-refractivity contribution < 1.29 is 18.0 Å². The molecule has 0 aliphatic heterocycles. The molecule has 0 bridgehead atoms. The second-order valence-electron chi connectivity index (χ2n) is 16.8. The number of rotatable bonds is 6. The van der Waals surface area contributed by atoms with Crippen LogP contribution in [0.25, 0.3) is 86.9 Å². The van der Waals surface area contributed by atoms with Gasteiger partial charge in [0.1, 0.15) is 0 Å². The van der Waals surface area contributed by atoms with Crippen molar-refractivity contribution >= 4 is 97.5 Å². The third-order valence-electron chi connectivity index (χ3n) is 12.8. The van der Waals surface area contributed by atoms with Gasteiger partial charge in [-0.2, -0.15) is 12.1 Å². The first-order valence-corrected chi connectivity index (χ1v) is 34.3. The molecule has 0 aromatic heterocycles. The van der Waals surface area contributed by atoms with Gasteiger partial charge in [-0.25, -0.2) is 0 Å². The molecule has 0 saturated heterocycles. The van der Waals surface area contributed by atoms with Gasteiger partial charge < -0.3 is 0 Å². The first-order chi connectivity index (χ1) is 32.5. The van der Waals surface area contributed by atoms with E-state index in [9.17, 15) is 0 Å².